The lowest BCUT2D eigenvalue weighted by Gasteiger charge is -2.19. The molecule has 0 saturated carbocycles. The number of nitrogens with zero attached hydrogens (tertiary/aromatic N) is 2. The van der Waals surface area contributed by atoms with Gasteiger partial charge >= 0.3 is 0 Å². The average Bonchev–Trinajstić information content (AvgIpc) is 2.14. The van der Waals surface area contributed by atoms with E-state index in [1.165, 1.54) is 12.3 Å². The summed E-state index contributed by atoms with van der Waals surface area (Å²) in [5.41, 5.74) is -0.0976. The third-order valence-electron chi connectivity index (χ3n) is 1.83. The molecule has 0 aliphatic heterocycles. The molecule has 0 saturated heterocycles. The number of anilines is 1. The van der Waals surface area contributed by atoms with E-state index in [4.69, 9.17) is 0 Å². The van der Waals surface area contributed by atoms with Crippen molar-refractivity contribution in [1.82, 2.24) is 9.97 Å². The lowest BCUT2D eigenvalue weighted by molar-refractivity contribution is 0.759. The van der Waals surface area contributed by atoms with Crippen LogP contribution in [-0.2, 0) is 0 Å². The van der Waals surface area contributed by atoms with Crippen LogP contribution < -0.4 is 10.5 Å². The van der Waals surface area contributed by atoms with Gasteiger partial charge in [0, 0.05) is 25.4 Å². The number of hydrogen-bond donors (Lipinski definition) is 1. The van der Waals surface area contributed by atoms with Crippen molar-refractivity contribution in [2.45, 2.75) is 20.3 Å². The molecular formula is C9H15N3O. The highest BCUT2D eigenvalue weighted by atomic mass is 16.1. The Hall–Kier alpha value is -1.32. The summed E-state index contributed by atoms with van der Waals surface area (Å²) in [6.45, 7) is 5.93. The number of aromatic nitrogens is 2. The Balaban J connectivity index is 2.84. The van der Waals surface area contributed by atoms with Gasteiger partial charge in [0.1, 0.15) is 0 Å². The van der Waals surface area contributed by atoms with Gasteiger partial charge in [0.25, 0.3) is 5.56 Å². The third-order valence-corrected chi connectivity index (χ3v) is 1.83. The van der Waals surface area contributed by atoms with Crippen molar-refractivity contribution in [3.05, 3.63) is 22.6 Å². The summed E-state index contributed by atoms with van der Waals surface area (Å²) in [5.74, 6) is 0.664. The Morgan fingerprint density at radius 3 is 2.85 bits per heavy atom. The minimum Gasteiger partial charge on any atom is -0.343 e. The van der Waals surface area contributed by atoms with E-state index < -0.39 is 0 Å². The lowest BCUT2D eigenvalue weighted by atomic mass is 10.4. The first-order valence-corrected chi connectivity index (χ1v) is 4.58. The quantitative estimate of drug-likeness (QED) is 0.754. The highest BCUT2D eigenvalue weighted by Crippen LogP contribution is 2.02. The SMILES string of the molecule is CCCN(CC)c1nccc(=O)[nH]1. The summed E-state index contributed by atoms with van der Waals surface area (Å²) >= 11 is 0. The zero-order valence-electron chi connectivity index (χ0n) is 8.08. The van der Waals surface area contributed by atoms with Gasteiger partial charge in [-0.25, -0.2) is 4.98 Å². The zero-order chi connectivity index (χ0) is 9.68. The third kappa shape index (κ3) is 2.57. The van der Waals surface area contributed by atoms with Crippen LogP contribution >= 0.6 is 0 Å². The molecule has 0 aliphatic rings. The van der Waals surface area contributed by atoms with Crippen molar-refractivity contribution in [2.75, 3.05) is 18.0 Å². The average molecular weight is 181 g/mol. The number of hydrogen-bond acceptors (Lipinski definition) is 3. The summed E-state index contributed by atoms with van der Waals surface area (Å²) in [7, 11) is 0. The topological polar surface area (TPSA) is 49.0 Å². The van der Waals surface area contributed by atoms with Gasteiger partial charge in [-0.15, -0.1) is 0 Å². The van der Waals surface area contributed by atoms with Gasteiger partial charge in [0.15, 0.2) is 0 Å². The molecule has 0 aliphatic carbocycles. The molecule has 0 amide bonds. The second-order valence-corrected chi connectivity index (χ2v) is 2.84. The summed E-state index contributed by atoms with van der Waals surface area (Å²) in [5, 5.41) is 0. The van der Waals surface area contributed by atoms with E-state index >= 15 is 0 Å². The first-order valence-electron chi connectivity index (χ1n) is 4.58. The summed E-state index contributed by atoms with van der Waals surface area (Å²) in [6.07, 6.45) is 2.58. The number of H-pyrrole nitrogens is 1. The standard InChI is InChI=1S/C9H15N3O/c1-3-7-12(4-2)9-10-6-5-8(13)11-9/h5-6H,3-4,7H2,1-2H3,(H,10,11,13). The molecule has 1 rings (SSSR count). The molecule has 0 aromatic carbocycles. The van der Waals surface area contributed by atoms with Crippen LogP contribution in [0.1, 0.15) is 20.3 Å². The largest absolute Gasteiger partial charge is 0.343 e. The van der Waals surface area contributed by atoms with Gasteiger partial charge in [-0.2, -0.15) is 0 Å². The van der Waals surface area contributed by atoms with E-state index in [2.05, 4.69) is 16.9 Å². The Labute approximate surface area is 77.6 Å². The van der Waals surface area contributed by atoms with Crippen molar-refractivity contribution >= 4 is 5.95 Å². The second kappa shape index (κ2) is 4.64. The minimum atomic E-state index is -0.0976. The Kier molecular flexibility index (Phi) is 3.49. The maximum Gasteiger partial charge on any atom is 0.252 e. The fraction of sp³-hybridized carbons (Fsp3) is 0.556. The molecule has 0 atom stereocenters. The molecule has 0 unspecified atom stereocenters. The van der Waals surface area contributed by atoms with E-state index in [1.807, 2.05) is 11.8 Å². The van der Waals surface area contributed by atoms with Gasteiger partial charge in [-0.3, -0.25) is 9.78 Å². The van der Waals surface area contributed by atoms with Gasteiger partial charge in [-0.05, 0) is 13.3 Å². The van der Waals surface area contributed by atoms with Gasteiger partial charge in [-0.1, -0.05) is 6.92 Å². The molecule has 4 heteroatoms. The van der Waals surface area contributed by atoms with E-state index in [0.717, 1.165) is 19.5 Å². The number of nitrogens with one attached hydrogen (secondary N) is 1. The van der Waals surface area contributed by atoms with Crippen LogP contribution in [0.3, 0.4) is 0 Å². The van der Waals surface area contributed by atoms with E-state index in [-0.39, 0.29) is 5.56 Å². The smallest absolute Gasteiger partial charge is 0.252 e. The molecule has 4 nitrogen and oxygen atoms in total. The molecule has 13 heavy (non-hydrogen) atoms. The molecule has 0 bridgehead atoms. The molecule has 72 valence electrons. The van der Waals surface area contributed by atoms with E-state index in [1.54, 1.807) is 0 Å². The van der Waals surface area contributed by atoms with Crippen molar-refractivity contribution in [1.29, 1.82) is 0 Å². The van der Waals surface area contributed by atoms with Gasteiger partial charge in [0.05, 0.1) is 0 Å². The number of rotatable bonds is 4. The van der Waals surface area contributed by atoms with Crippen molar-refractivity contribution in [3.63, 3.8) is 0 Å². The monoisotopic (exact) mass is 181 g/mol. The normalized spacial score (nSPS) is 10.0. The second-order valence-electron chi connectivity index (χ2n) is 2.84. The molecule has 0 fully saturated rings. The summed E-state index contributed by atoms with van der Waals surface area (Å²) < 4.78 is 0. The van der Waals surface area contributed by atoms with Crippen LogP contribution in [0, 0.1) is 0 Å². The summed E-state index contributed by atoms with van der Waals surface area (Å²) in [4.78, 5) is 19.8. The maximum atomic E-state index is 11.0. The van der Waals surface area contributed by atoms with Crippen LogP contribution in [0.4, 0.5) is 5.95 Å². The van der Waals surface area contributed by atoms with Crippen LogP contribution in [0.2, 0.25) is 0 Å². The zero-order valence-corrected chi connectivity index (χ0v) is 8.08. The van der Waals surface area contributed by atoms with Crippen LogP contribution in [0.25, 0.3) is 0 Å². The first-order chi connectivity index (χ1) is 6.27. The minimum absolute atomic E-state index is 0.0976. The summed E-state index contributed by atoms with van der Waals surface area (Å²) in [6, 6.07) is 1.42. The Bertz CT molecular complexity index is 308. The number of aromatic amines is 1. The maximum absolute atomic E-state index is 11.0. The molecule has 1 aromatic heterocycles. The Morgan fingerprint density at radius 2 is 2.31 bits per heavy atom. The van der Waals surface area contributed by atoms with Crippen LogP contribution in [0.5, 0.6) is 0 Å². The Morgan fingerprint density at radius 1 is 1.54 bits per heavy atom. The predicted octanol–water partition coefficient (Wildman–Crippen LogP) is 1.01. The van der Waals surface area contributed by atoms with Crippen LogP contribution in [0.15, 0.2) is 17.1 Å². The highest BCUT2D eigenvalue weighted by molar-refractivity contribution is 5.27. The molecule has 0 radical (unpaired) electrons. The fourth-order valence-electron chi connectivity index (χ4n) is 1.20. The van der Waals surface area contributed by atoms with E-state index in [0.29, 0.717) is 5.95 Å². The van der Waals surface area contributed by atoms with Gasteiger partial charge < -0.3 is 4.90 Å². The van der Waals surface area contributed by atoms with Gasteiger partial charge in [0.2, 0.25) is 5.95 Å². The molecular weight excluding hydrogens is 166 g/mol. The first kappa shape index (κ1) is 9.77. The lowest BCUT2D eigenvalue weighted by Crippen LogP contribution is -2.27. The fourth-order valence-corrected chi connectivity index (χ4v) is 1.20. The predicted molar refractivity (Wildman–Crippen MR) is 53.0 cm³/mol. The molecule has 1 heterocycles. The van der Waals surface area contributed by atoms with Crippen molar-refractivity contribution in [2.24, 2.45) is 0 Å². The molecule has 1 aromatic rings. The highest BCUT2D eigenvalue weighted by Gasteiger charge is 2.03. The molecule has 1 N–H and O–H groups in total. The molecule has 0 spiro atoms. The van der Waals surface area contributed by atoms with Crippen molar-refractivity contribution < 1.29 is 0 Å². The van der Waals surface area contributed by atoms with Crippen molar-refractivity contribution in [3.8, 4) is 0 Å². The van der Waals surface area contributed by atoms with E-state index in [9.17, 15) is 4.79 Å². The van der Waals surface area contributed by atoms with Crippen LogP contribution in [-0.4, -0.2) is 23.1 Å².